The van der Waals surface area contributed by atoms with Crippen LogP contribution in [0.25, 0.3) is 0 Å². The number of aromatic nitrogens is 2. The quantitative estimate of drug-likeness (QED) is 0.856. The van der Waals surface area contributed by atoms with Gasteiger partial charge in [-0.05, 0) is 19.1 Å². The molecule has 1 amide bonds. The van der Waals surface area contributed by atoms with E-state index in [1.165, 1.54) is 0 Å². The van der Waals surface area contributed by atoms with Gasteiger partial charge in [-0.15, -0.1) is 0 Å². The van der Waals surface area contributed by atoms with Crippen LogP contribution in [0.5, 0.6) is 5.75 Å². The van der Waals surface area contributed by atoms with Crippen LogP contribution in [0.15, 0.2) is 42.7 Å². The Morgan fingerprint density at radius 1 is 1.23 bits per heavy atom. The Hall–Kier alpha value is -2.83. The lowest BCUT2D eigenvalue weighted by atomic mass is 9.91. The second-order valence-corrected chi connectivity index (χ2v) is 6.51. The summed E-state index contributed by atoms with van der Waals surface area (Å²) in [6.45, 7) is 3.22. The van der Waals surface area contributed by atoms with Crippen molar-refractivity contribution >= 4 is 11.9 Å². The molecule has 7 nitrogen and oxygen atoms in total. The molecule has 1 saturated heterocycles. The van der Waals surface area contributed by atoms with E-state index in [-0.39, 0.29) is 18.7 Å². The van der Waals surface area contributed by atoms with E-state index < -0.39 is 11.6 Å². The third kappa shape index (κ3) is 3.87. The van der Waals surface area contributed by atoms with Crippen molar-refractivity contribution in [2.24, 2.45) is 0 Å². The molecule has 1 aliphatic rings. The van der Waals surface area contributed by atoms with Crippen LogP contribution in [-0.2, 0) is 16.1 Å². The number of carboxylic acid groups (broad SMARTS) is 1. The number of amides is 1. The molecule has 7 heteroatoms. The van der Waals surface area contributed by atoms with Crippen LogP contribution in [-0.4, -0.2) is 50.1 Å². The van der Waals surface area contributed by atoms with Crippen molar-refractivity contribution < 1.29 is 19.4 Å². The first-order valence-corrected chi connectivity index (χ1v) is 8.73. The van der Waals surface area contributed by atoms with Crippen LogP contribution < -0.4 is 4.74 Å². The van der Waals surface area contributed by atoms with Crippen molar-refractivity contribution in [2.75, 3.05) is 13.1 Å². The summed E-state index contributed by atoms with van der Waals surface area (Å²) in [7, 11) is 0. The number of carboxylic acids is 1. The Kier molecular flexibility index (Phi) is 5.25. The summed E-state index contributed by atoms with van der Waals surface area (Å²) in [6, 6.07) is 8.96. The maximum Gasteiger partial charge on any atom is 0.348 e. The third-order valence-electron chi connectivity index (χ3n) is 4.86. The molecule has 26 heavy (non-hydrogen) atoms. The topological polar surface area (TPSA) is 84.7 Å². The monoisotopic (exact) mass is 357 g/mol. The van der Waals surface area contributed by atoms with Gasteiger partial charge in [-0.25, -0.2) is 9.78 Å². The van der Waals surface area contributed by atoms with E-state index in [2.05, 4.69) is 4.98 Å². The largest absolute Gasteiger partial charge is 0.478 e. The van der Waals surface area contributed by atoms with E-state index >= 15 is 0 Å². The minimum atomic E-state index is -1.28. The SMILES string of the molecule is Cc1nccn1CCC(=O)N1CCC(Oc2ccccc2)(C(=O)O)CC1. The van der Waals surface area contributed by atoms with E-state index in [1.54, 1.807) is 23.2 Å². The maximum absolute atomic E-state index is 12.4. The number of aryl methyl sites for hydroxylation is 2. The number of rotatable bonds is 6. The average Bonchev–Trinajstić information content (AvgIpc) is 3.06. The highest BCUT2D eigenvalue weighted by Gasteiger charge is 2.44. The van der Waals surface area contributed by atoms with E-state index in [4.69, 9.17) is 4.74 Å². The van der Waals surface area contributed by atoms with Gasteiger partial charge in [0.1, 0.15) is 11.6 Å². The Morgan fingerprint density at radius 2 is 1.92 bits per heavy atom. The van der Waals surface area contributed by atoms with Gasteiger partial charge >= 0.3 is 5.97 Å². The molecule has 0 spiro atoms. The number of hydrogen-bond donors (Lipinski definition) is 1. The van der Waals surface area contributed by atoms with Crippen molar-refractivity contribution in [3.8, 4) is 5.75 Å². The molecular weight excluding hydrogens is 334 g/mol. The minimum Gasteiger partial charge on any atom is -0.478 e. The lowest BCUT2D eigenvalue weighted by molar-refractivity contribution is -0.161. The van der Waals surface area contributed by atoms with Crippen LogP contribution in [0.4, 0.5) is 0 Å². The van der Waals surface area contributed by atoms with Gasteiger partial charge < -0.3 is 19.3 Å². The summed E-state index contributed by atoms with van der Waals surface area (Å²) in [4.78, 5) is 30.2. The number of imidazole rings is 1. The van der Waals surface area contributed by atoms with E-state index in [0.29, 0.717) is 31.8 Å². The first kappa shape index (κ1) is 18.0. The molecule has 1 aliphatic heterocycles. The van der Waals surface area contributed by atoms with E-state index in [0.717, 1.165) is 5.82 Å². The number of para-hydroxylation sites is 1. The van der Waals surface area contributed by atoms with Gasteiger partial charge in [0.15, 0.2) is 0 Å². The van der Waals surface area contributed by atoms with Gasteiger partial charge in [0.05, 0.1) is 0 Å². The predicted octanol–water partition coefficient (Wildman–Crippen LogP) is 2.11. The number of ether oxygens (including phenoxy) is 1. The number of aliphatic carboxylic acids is 1. The molecule has 0 saturated carbocycles. The molecule has 1 aromatic heterocycles. The van der Waals surface area contributed by atoms with Crippen molar-refractivity contribution in [3.05, 3.63) is 48.5 Å². The highest BCUT2D eigenvalue weighted by atomic mass is 16.5. The van der Waals surface area contributed by atoms with Crippen molar-refractivity contribution in [3.63, 3.8) is 0 Å². The standard InChI is InChI=1S/C19H23N3O4/c1-15-20-10-14-21(15)11-7-17(23)22-12-8-19(9-13-22,18(24)25)26-16-5-3-2-4-6-16/h2-6,10,14H,7-9,11-13H2,1H3,(H,24,25). The van der Waals surface area contributed by atoms with Crippen molar-refractivity contribution in [1.29, 1.82) is 0 Å². The highest BCUT2D eigenvalue weighted by molar-refractivity contribution is 5.80. The molecule has 0 aliphatic carbocycles. The molecule has 0 unspecified atom stereocenters. The molecule has 3 rings (SSSR count). The van der Waals surface area contributed by atoms with Gasteiger partial charge in [0.25, 0.3) is 0 Å². The van der Waals surface area contributed by atoms with Crippen molar-refractivity contribution in [2.45, 2.75) is 38.3 Å². The van der Waals surface area contributed by atoms with Crippen LogP contribution in [0.1, 0.15) is 25.1 Å². The molecule has 2 heterocycles. The Morgan fingerprint density at radius 3 is 2.50 bits per heavy atom. The number of benzene rings is 1. The number of hydrogen-bond acceptors (Lipinski definition) is 4. The van der Waals surface area contributed by atoms with E-state index in [9.17, 15) is 14.7 Å². The molecule has 0 bridgehead atoms. The number of carbonyl (C=O) groups is 2. The van der Waals surface area contributed by atoms with Crippen LogP contribution in [0.3, 0.4) is 0 Å². The lowest BCUT2D eigenvalue weighted by Crippen LogP contribution is -2.54. The lowest BCUT2D eigenvalue weighted by Gasteiger charge is -2.39. The summed E-state index contributed by atoms with van der Waals surface area (Å²) in [5.41, 5.74) is -1.28. The fourth-order valence-corrected chi connectivity index (χ4v) is 3.21. The van der Waals surface area contributed by atoms with E-state index in [1.807, 2.05) is 35.9 Å². The maximum atomic E-state index is 12.4. The number of likely N-dealkylation sites (tertiary alicyclic amines) is 1. The summed E-state index contributed by atoms with van der Waals surface area (Å²) < 4.78 is 7.75. The fraction of sp³-hybridized carbons (Fsp3) is 0.421. The molecule has 1 aromatic carbocycles. The van der Waals surface area contributed by atoms with Gasteiger partial charge in [0.2, 0.25) is 11.5 Å². The molecule has 1 N–H and O–H groups in total. The van der Waals surface area contributed by atoms with Crippen LogP contribution >= 0.6 is 0 Å². The Bertz CT molecular complexity index is 764. The molecular formula is C19H23N3O4. The second-order valence-electron chi connectivity index (χ2n) is 6.51. The van der Waals surface area contributed by atoms with Crippen molar-refractivity contribution in [1.82, 2.24) is 14.5 Å². The minimum absolute atomic E-state index is 0.0248. The molecule has 0 radical (unpaired) electrons. The summed E-state index contributed by atoms with van der Waals surface area (Å²) in [5, 5.41) is 9.70. The second kappa shape index (κ2) is 7.59. The molecule has 2 aromatic rings. The smallest absolute Gasteiger partial charge is 0.348 e. The number of carbonyl (C=O) groups excluding carboxylic acids is 1. The predicted molar refractivity (Wildman–Crippen MR) is 94.8 cm³/mol. The summed E-state index contributed by atoms with van der Waals surface area (Å²) in [5.74, 6) is 0.446. The average molecular weight is 357 g/mol. The van der Waals surface area contributed by atoms with Gasteiger partial charge in [-0.1, -0.05) is 18.2 Å². The van der Waals surface area contributed by atoms with Gasteiger partial charge in [-0.2, -0.15) is 0 Å². The first-order valence-electron chi connectivity index (χ1n) is 8.73. The first-order chi connectivity index (χ1) is 12.5. The summed E-state index contributed by atoms with van der Waals surface area (Å²) in [6.07, 6.45) is 4.47. The van der Waals surface area contributed by atoms with Gasteiger partial charge in [-0.3, -0.25) is 4.79 Å². The number of nitrogens with zero attached hydrogens (tertiary/aromatic N) is 3. The normalized spacial score (nSPS) is 16.3. The Labute approximate surface area is 152 Å². The zero-order valence-electron chi connectivity index (χ0n) is 14.8. The van der Waals surface area contributed by atoms with Crippen LogP contribution in [0.2, 0.25) is 0 Å². The fourth-order valence-electron chi connectivity index (χ4n) is 3.21. The van der Waals surface area contributed by atoms with Gasteiger partial charge in [0, 0.05) is 51.3 Å². The third-order valence-corrected chi connectivity index (χ3v) is 4.86. The highest BCUT2D eigenvalue weighted by Crippen LogP contribution is 2.29. The zero-order chi connectivity index (χ0) is 18.6. The summed E-state index contributed by atoms with van der Waals surface area (Å²) >= 11 is 0. The Balaban J connectivity index is 1.58. The molecule has 1 fully saturated rings. The number of piperidine rings is 1. The van der Waals surface area contributed by atoms with Crippen LogP contribution in [0, 0.1) is 6.92 Å². The molecule has 138 valence electrons. The molecule has 0 atom stereocenters. The zero-order valence-corrected chi connectivity index (χ0v) is 14.8.